The van der Waals surface area contributed by atoms with E-state index in [1.54, 1.807) is 11.3 Å². The van der Waals surface area contributed by atoms with Crippen molar-refractivity contribution < 1.29 is 0 Å². The maximum Gasteiger partial charge on any atom is 0.00827 e. The molecule has 1 unspecified atom stereocenters. The van der Waals surface area contributed by atoms with Crippen LogP contribution in [-0.4, -0.2) is 6.04 Å². The maximum absolute atomic E-state index is 6.12. The van der Waals surface area contributed by atoms with Gasteiger partial charge in [-0.3, -0.25) is 0 Å². The minimum atomic E-state index is 0.273. The van der Waals surface area contributed by atoms with E-state index in [1.807, 2.05) is 0 Å². The van der Waals surface area contributed by atoms with Gasteiger partial charge in [0.15, 0.2) is 0 Å². The van der Waals surface area contributed by atoms with Crippen molar-refractivity contribution in [3.63, 3.8) is 0 Å². The maximum atomic E-state index is 6.12. The van der Waals surface area contributed by atoms with Gasteiger partial charge in [-0.25, -0.2) is 0 Å². The first kappa shape index (κ1) is 11.4. The first-order chi connectivity index (χ1) is 7.84. The Morgan fingerprint density at radius 2 is 1.88 bits per heavy atom. The molecule has 2 aromatic rings. The van der Waals surface area contributed by atoms with Gasteiger partial charge in [0.05, 0.1) is 0 Å². The second-order valence-corrected chi connectivity index (χ2v) is 4.90. The molecule has 0 radical (unpaired) electrons. The Bertz CT molecular complexity index is 394. The van der Waals surface area contributed by atoms with Crippen LogP contribution < -0.4 is 5.73 Å². The molecule has 0 fully saturated rings. The molecule has 0 aliphatic heterocycles. The average Bonchev–Trinajstić information content (AvgIpc) is 2.81. The van der Waals surface area contributed by atoms with Gasteiger partial charge < -0.3 is 5.73 Å². The smallest absolute Gasteiger partial charge is 0.00827 e. The number of nitrogens with two attached hydrogens (primary N) is 1. The Morgan fingerprint density at radius 1 is 1.06 bits per heavy atom. The third kappa shape index (κ3) is 3.47. The van der Waals surface area contributed by atoms with E-state index in [2.05, 4.69) is 47.2 Å². The summed E-state index contributed by atoms with van der Waals surface area (Å²) in [6.45, 7) is 0. The molecular formula is C14H17NS. The molecule has 0 spiro atoms. The van der Waals surface area contributed by atoms with Crippen LogP contribution in [0.25, 0.3) is 0 Å². The molecule has 1 heterocycles. The molecule has 0 aliphatic rings. The number of hydrogen-bond acceptors (Lipinski definition) is 2. The summed E-state index contributed by atoms with van der Waals surface area (Å²) >= 11 is 1.74. The Hall–Kier alpha value is -1.12. The SMILES string of the molecule is NC(CCc1ccccc1)Cc1ccsc1. The van der Waals surface area contributed by atoms with E-state index in [0.717, 1.165) is 19.3 Å². The van der Waals surface area contributed by atoms with Crippen LogP contribution in [0.5, 0.6) is 0 Å². The molecule has 2 heteroatoms. The van der Waals surface area contributed by atoms with Gasteiger partial charge in [0.1, 0.15) is 0 Å². The number of aryl methyl sites for hydroxylation is 1. The highest BCUT2D eigenvalue weighted by Crippen LogP contribution is 2.11. The Morgan fingerprint density at radius 3 is 2.56 bits per heavy atom. The Kier molecular flexibility index (Phi) is 4.14. The Labute approximate surface area is 101 Å². The lowest BCUT2D eigenvalue weighted by molar-refractivity contribution is 0.611. The van der Waals surface area contributed by atoms with Crippen molar-refractivity contribution in [2.24, 2.45) is 5.73 Å². The monoisotopic (exact) mass is 231 g/mol. The van der Waals surface area contributed by atoms with Crippen LogP contribution in [0.2, 0.25) is 0 Å². The molecule has 2 N–H and O–H groups in total. The second kappa shape index (κ2) is 5.83. The first-order valence-corrected chi connectivity index (χ1v) is 6.59. The molecule has 0 amide bonds. The van der Waals surface area contributed by atoms with Gasteiger partial charge >= 0.3 is 0 Å². The van der Waals surface area contributed by atoms with Gasteiger partial charge in [0.2, 0.25) is 0 Å². The van der Waals surface area contributed by atoms with Gasteiger partial charge in [0.25, 0.3) is 0 Å². The van der Waals surface area contributed by atoms with E-state index in [4.69, 9.17) is 5.73 Å². The van der Waals surface area contributed by atoms with Crippen LogP contribution in [-0.2, 0) is 12.8 Å². The third-order valence-corrected chi connectivity index (χ3v) is 3.46. The van der Waals surface area contributed by atoms with Crippen molar-refractivity contribution in [3.05, 3.63) is 58.3 Å². The lowest BCUT2D eigenvalue weighted by atomic mass is 10.0. The van der Waals surface area contributed by atoms with Gasteiger partial charge in [-0.15, -0.1) is 0 Å². The van der Waals surface area contributed by atoms with Crippen LogP contribution in [0.15, 0.2) is 47.2 Å². The third-order valence-electron chi connectivity index (χ3n) is 2.72. The fourth-order valence-corrected chi connectivity index (χ4v) is 2.49. The van der Waals surface area contributed by atoms with Gasteiger partial charge in [-0.1, -0.05) is 30.3 Å². The lowest BCUT2D eigenvalue weighted by Gasteiger charge is -2.10. The van der Waals surface area contributed by atoms with Crippen LogP contribution in [0.4, 0.5) is 0 Å². The predicted octanol–water partition coefficient (Wildman–Crippen LogP) is 3.25. The molecule has 84 valence electrons. The van der Waals surface area contributed by atoms with E-state index < -0.39 is 0 Å². The van der Waals surface area contributed by atoms with Crippen LogP contribution in [0, 0.1) is 0 Å². The van der Waals surface area contributed by atoms with Crippen molar-refractivity contribution in [1.82, 2.24) is 0 Å². The van der Waals surface area contributed by atoms with Crippen LogP contribution in [0.3, 0.4) is 0 Å². The number of thiophene rings is 1. The molecular weight excluding hydrogens is 214 g/mol. The minimum Gasteiger partial charge on any atom is -0.327 e. The van der Waals surface area contributed by atoms with Crippen molar-refractivity contribution in [3.8, 4) is 0 Å². The predicted molar refractivity (Wildman–Crippen MR) is 70.8 cm³/mol. The summed E-state index contributed by atoms with van der Waals surface area (Å²) in [6.07, 6.45) is 3.13. The molecule has 0 saturated carbocycles. The summed E-state index contributed by atoms with van der Waals surface area (Å²) < 4.78 is 0. The highest BCUT2D eigenvalue weighted by molar-refractivity contribution is 7.07. The molecule has 0 bridgehead atoms. The Balaban J connectivity index is 1.78. The van der Waals surface area contributed by atoms with E-state index in [9.17, 15) is 0 Å². The number of hydrogen-bond donors (Lipinski definition) is 1. The van der Waals surface area contributed by atoms with Crippen molar-refractivity contribution >= 4 is 11.3 Å². The highest BCUT2D eigenvalue weighted by atomic mass is 32.1. The fourth-order valence-electron chi connectivity index (χ4n) is 1.81. The zero-order chi connectivity index (χ0) is 11.2. The second-order valence-electron chi connectivity index (χ2n) is 4.12. The van der Waals surface area contributed by atoms with E-state index in [0.29, 0.717) is 0 Å². The van der Waals surface area contributed by atoms with Crippen LogP contribution >= 0.6 is 11.3 Å². The molecule has 0 aliphatic carbocycles. The number of rotatable bonds is 5. The van der Waals surface area contributed by atoms with Gasteiger partial charge in [0, 0.05) is 6.04 Å². The van der Waals surface area contributed by atoms with Crippen molar-refractivity contribution in [2.75, 3.05) is 0 Å². The van der Waals surface area contributed by atoms with Crippen LogP contribution in [0.1, 0.15) is 17.5 Å². The molecule has 1 atom stereocenters. The zero-order valence-electron chi connectivity index (χ0n) is 9.30. The summed E-state index contributed by atoms with van der Waals surface area (Å²) in [4.78, 5) is 0. The van der Waals surface area contributed by atoms with E-state index in [-0.39, 0.29) is 6.04 Å². The first-order valence-electron chi connectivity index (χ1n) is 5.65. The summed E-state index contributed by atoms with van der Waals surface area (Å²) in [6, 6.07) is 13.0. The van der Waals surface area contributed by atoms with Crippen molar-refractivity contribution in [2.45, 2.75) is 25.3 Å². The zero-order valence-corrected chi connectivity index (χ0v) is 10.1. The molecule has 1 nitrogen and oxygen atoms in total. The summed E-state index contributed by atoms with van der Waals surface area (Å²) in [7, 11) is 0. The van der Waals surface area contributed by atoms with Gasteiger partial charge in [-0.2, -0.15) is 11.3 Å². The molecule has 0 saturated heterocycles. The normalized spacial score (nSPS) is 12.6. The molecule has 1 aromatic heterocycles. The largest absolute Gasteiger partial charge is 0.327 e. The number of benzene rings is 1. The van der Waals surface area contributed by atoms with Gasteiger partial charge in [-0.05, 0) is 47.2 Å². The summed E-state index contributed by atoms with van der Waals surface area (Å²) in [5.41, 5.74) is 8.86. The molecule has 2 rings (SSSR count). The summed E-state index contributed by atoms with van der Waals surface area (Å²) in [5, 5.41) is 4.29. The highest BCUT2D eigenvalue weighted by Gasteiger charge is 2.04. The minimum absolute atomic E-state index is 0.273. The lowest BCUT2D eigenvalue weighted by Crippen LogP contribution is -2.23. The average molecular weight is 231 g/mol. The van der Waals surface area contributed by atoms with Crippen molar-refractivity contribution in [1.29, 1.82) is 0 Å². The quantitative estimate of drug-likeness (QED) is 0.840. The summed E-state index contributed by atoms with van der Waals surface area (Å²) in [5.74, 6) is 0. The molecule has 16 heavy (non-hydrogen) atoms. The topological polar surface area (TPSA) is 26.0 Å². The standard InChI is InChI=1S/C14H17NS/c15-14(10-13-8-9-16-11-13)7-6-12-4-2-1-3-5-12/h1-5,8-9,11,14H,6-7,10,15H2. The fraction of sp³-hybridized carbons (Fsp3) is 0.286. The van der Waals surface area contributed by atoms with E-state index in [1.165, 1.54) is 11.1 Å². The molecule has 1 aromatic carbocycles. The van der Waals surface area contributed by atoms with E-state index >= 15 is 0 Å².